The van der Waals surface area contributed by atoms with E-state index in [-0.39, 0.29) is 0 Å². The molecule has 0 spiro atoms. The van der Waals surface area contributed by atoms with Crippen LogP contribution in [0.2, 0.25) is 0 Å². The van der Waals surface area contributed by atoms with E-state index >= 15 is 0 Å². The van der Waals surface area contributed by atoms with Gasteiger partial charge in [-0.2, -0.15) is 0 Å². The Bertz CT molecular complexity index is 458. The van der Waals surface area contributed by atoms with Crippen molar-refractivity contribution in [1.29, 1.82) is 0 Å². The summed E-state index contributed by atoms with van der Waals surface area (Å²) >= 11 is 0. The highest BCUT2D eigenvalue weighted by atomic mass is 14.7. The van der Waals surface area contributed by atoms with Gasteiger partial charge >= 0.3 is 0 Å². The van der Waals surface area contributed by atoms with Gasteiger partial charge in [-0.1, -0.05) is 18.2 Å². The maximum atomic E-state index is 5.67. The molecule has 0 amide bonds. The minimum atomic E-state index is 0.697. The molecule has 1 aliphatic carbocycles. The van der Waals surface area contributed by atoms with Crippen LogP contribution in [-0.2, 0) is 0 Å². The first-order valence-corrected chi connectivity index (χ1v) is 5.16. The molecule has 1 saturated carbocycles. The predicted octanol–water partition coefficient (Wildman–Crippen LogP) is 2.23. The van der Waals surface area contributed by atoms with Crippen molar-refractivity contribution in [2.45, 2.75) is 12.3 Å². The standard InChI is InChI=1S/C12H14N2/c13-7-9-6-11(9)10-3-1-2-8-4-5-14-12(8)10/h1-5,9,11,14H,6-7,13H2/t9-,11+/m0/s1. The topological polar surface area (TPSA) is 41.8 Å². The second-order valence-electron chi connectivity index (χ2n) is 4.13. The van der Waals surface area contributed by atoms with E-state index in [4.69, 9.17) is 5.73 Å². The summed E-state index contributed by atoms with van der Waals surface area (Å²) in [6.45, 7) is 0.821. The molecule has 1 aliphatic rings. The molecule has 3 rings (SSSR count). The Morgan fingerprint density at radius 2 is 2.29 bits per heavy atom. The van der Waals surface area contributed by atoms with E-state index in [0.29, 0.717) is 11.8 Å². The number of para-hydroxylation sites is 1. The van der Waals surface area contributed by atoms with Crippen molar-refractivity contribution in [3.63, 3.8) is 0 Å². The normalized spacial score (nSPS) is 25.5. The molecule has 14 heavy (non-hydrogen) atoms. The Morgan fingerprint density at radius 1 is 1.36 bits per heavy atom. The van der Waals surface area contributed by atoms with Crippen molar-refractivity contribution in [2.24, 2.45) is 11.7 Å². The summed E-state index contributed by atoms with van der Waals surface area (Å²) in [7, 11) is 0. The smallest absolute Gasteiger partial charge is 0.0489 e. The van der Waals surface area contributed by atoms with E-state index in [0.717, 1.165) is 6.54 Å². The number of hydrogen-bond acceptors (Lipinski definition) is 1. The molecule has 0 radical (unpaired) electrons. The Hall–Kier alpha value is -1.28. The van der Waals surface area contributed by atoms with Crippen LogP contribution in [0.4, 0.5) is 0 Å². The fraction of sp³-hybridized carbons (Fsp3) is 0.333. The number of nitrogens with two attached hydrogens (primary N) is 1. The Morgan fingerprint density at radius 3 is 3.07 bits per heavy atom. The summed E-state index contributed by atoms with van der Waals surface area (Å²) in [6, 6.07) is 8.63. The molecule has 0 aliphatic heterocycles. The summed E-state index contributed by atoms with van der Waals surface area (Å²) in [5.41, 5.74) is 8.42. The van der Waals surface area contributed by atoms with Crippen LogP contribution in [0.5, 0.6) is 0 Å². The lowest BCUT2D eigenvalue weighted by molar-refractivity contribution is 0.811. The molecule has 1 aromatic heterocycles. The molecule has 2 aromatic rings. The van der Waals surface area contributed by atoms with Crippen molar-refractivity contribution < 1.29 is 0 Å². The zero-order valence-electron chi connectivity index (χ0n) is 8.03. The highest BCUT2D eigenvalue weighted by Gasteiger charge is 2.37. The van der Waals surface area contributed by atoms with Crippen LogP contribution >= 0.6 is 0 Å². The number of fused-ring (bicyclic) bond motifs is 1. The average molecular weight is 186 g/mol. The third-order valence-electron chi connectivity index (χ3n) is 3.24. The molecule has 1 fully saturated rings. The lowest BCUT2D eigenvalue weighted by Crippen LogP contribution is -2.02. The molecular formula is C12H14N2. The molecule has 72 valence electrons. The summed E-state index contributed by atoms with van der Waals surface area (Å²) in [5, 5.41) is 1.31. The van der Waals surface area contributed by atoms with Crippen molar-refractivity contribution in [2.75, 3.05) is 6.54 Å². The number of benzene rings is 1. The van der Waals surface area contributed by atoms with Crippen molar-refractivity contribution in [1.82, 2.24) is 4.98 Å². The van der Waals surface area contributed by atoms with Crippen LogP contribution in [0.15, 0.2) is 30.5 Å². The fourth-order valence-corrected chi connectivity index (χ4v) is 2.31. The van der Waals surface area contributed by atoms with E-state index in [2.05, 4.69) is 29.2 Å². The summed E-state index contributed by atoms with van der Waals surface area (Å²) in [4.78, 5) is 3.31. The van der Waals surface area contributed by atoms with E-state index in [1.807, 2.05) is 6.20 Å². The third-order valence-corrected chi connectivity index (χ3v) is 3.24. The predicted molar refractivity (Wildman–Crippen MR) is 58.2 cm³/mol. The van der Waals surface area contributed by atoms with Gasteiger partial charge in [-0.15, -0.1) is 0 Å². The highest BCUT2D eigenvalue weighted by molar-refractivity contribution is 5.83. The quantitative estimate of drug-likeness (QED) is 0.742. The maximum Gasteiger partial charge on any atom is 0.0489 e. The van der Waals surface area contributed by atoms with Crippen molar-refractivity contribution >= 4 is 10.9 Å². The van der Waals surface area contributed by atoms with Crippen LogP contribution in [0, 0.1) is 5.92 Å². The first-order valence-electron chi connectivity index (χ1n) is 5.16. The number of rotatable bonds is 2. The largest absolute Gasteiger partial charge is 0.361 e. The molecule has 0 unspecified atom stereocenters. The van der Waals surface area contributed by atoms with Gasteiger partial charge in [-0.25, -0.2) is 0 Å². The SMILES string of the molecule is NC[C@@H]1C[C@H]1c1cccc2cc[nH]c12. The van der Waals surface area contributed by atoms with Crippen LogP contribution < -0.4 is 5.73 Å². The van der Waals surface area contributed by atoms with Gasteiger partial charge in [0.15, 0.2) is 0 Å². The van der Waals surface area contributed by atoms with Gasteiger partial charge in [0.1, 0.15) is 0 Å². The summed E-state index contributed by atoms with van der Waals surface area (Å²) < 4.78 is 0. The number of hydrogen-bond donors (Lipinski definition) is 2. The second-order valence-corrected chi connectivity index (χ2v) is 4.13. The molecule has 0 bridgehead atoms. The first-order chi connectivity index (χ1) is 6.90. The molecule has 2 atom stereocenters. The monoisotopic (exact) mass is 186 g/mol. The van der Waals surface area contributed by atoms with Crippen LogP contribution in [-0.4, -0.2) is 11.5 Å². The number of H-pyrrole nitrogens is 1. The Kier molecular flexibility index (Phi) is 1.64. The second kappa shape index (κ2) is 2.85. The van der Waals surface area contributed by atoms with E-state index in [1.165, 1.54) is 22.9 Å². The third kappa shape index (κ3) is 1.07. The van der Waals surface area contributed by atoms with Gasteiger partial charge in [0.05, 0.1) is 0 Å². The summed E-state index contributed by atoms with van der Waals surface area (Å²) in [5.74, 6) is 1.41. The van der Waals surface area contributed by atoms with E-state index in [1.54, 1.807) is 0 Å². The minimum Gasteiger partial charge on any atom is -0.361 e. The van der Waals surface area contributed by atoms with Gasteiger partial charge in [-0.05, 0) is 41.8 Å². The number of nitrogens with one attached hydrogen (secondary N) is 1. The number of aromatic nitrogens is 1. The van der Waals surface area contributed by atoms with E-state index < -0.39 is 0 Å². The fourth-order valence-electron chi connectivity index (χ4n) is 2.31. The lowest BCUT2D eigenvalue weighted by Gasteiger charge is -2.01. The molecule has 2 nitrogen and oxygen atoms in total. The Labute approximate surface area is 83.1 Å². The maximum absolute atomic E-state index is 5.67. The van der Waals surface area contributed by atoms with Gasteiger partial charge in [-0.3, -0.25) is 0 Å². The molecule has 3 N–H and O–H groups in total. The molecule has 1 heterocycles. The van der Waals surface area contributed by atoms with Crippen LogP contribution in [0.1, 0.15) is 17.9 Å². The molecule has 1 aromatic carbocycles. The zero-order chi connectivity index (χ0) is 9.54. The highest BCUT2D eigenvalue weighted by Crippen LogP contribution is 2.48. The Balaban J connectivity index is 2.08. The van der Waals surface area contributed by atoms with Gasteiger partial charge in [0, 0.05) is 11.7 Å². The van der Waals surface area contributed by atoms with Crippen molar-refractivity contribution in [3.8, 4) is 0 Å². The van der Waals surface area contributed by atoms with Gasteiger partial charge < -0.3 is 10.7 Å². The van der Waals surface area contributed by atoms with Gasteiger partial charge in [0.25, 0.3) is 0 Å². The summed E-state index contributed by atoms with van der Waals surface area (Å²) in [6.07, 6.45) is 3.27. The molecular weight excluding hydrogens is 172 g/mol. The molecule has 0 saturated heterocycles. The zero-order valence-corrected chi connectivity index (χ0v) is 8.03. The van der Waals surface area contributed by atoms with Gasteiger partial charge in [0.2, 0.25) is 0 Å². The van der Waals surface area contributed by atoms with E-state index in [9.17, 15) is 0 Å². The van der Waals surface area contributed by atoms with Crippen LogP contribution in [0.25, 0.3) is 10.9 Å². The minimum absolute atomic E-state index is 0.697. The lowest BCUT2D eigenvalue weighted by atomic mass is 10.1. The van der Waals surface area contributed by atoms with Crippen LogP contribution in [0.3, 0.4) is 0 Å². The average Bonchev–Trinajstić information content (AvgIpc) is 2.85. The number of aromatic amines is 1. The molecule has 2 heteroatoms. The van der Waals surface area contributed by atoms with Crippen molar-refractivity contribution in [3.05, 3.63) is 36.0 Å². The first kappa shape index (κ1) is 8.06.